The zero-order valence-electron chi connectivity index (χ0n) is 11.7. The quantitative estimate of drug-likeness (QED) is 0.262. The third-order valence-corrected chi connectivity index (χ3v) is 4.23. The van der Waals surface area contributed by atoms with E-state index in [1.54, 1.807) is 6.07 Å². The van der Waals surface area contributed by atoms with Crippen LogP contribution in [0.3, 0.4) is 0 Å². The number of amidine groups is 1. The van der Waals surface area contributed by atoms with E-state index in [9.17, 15) is 4.79 Å². The molecule has 6 nitrogen and oxygen atoms in total. The Morgan fingerprint density at radius 3 is 2.62 bits per heavy atom. The molecule has 1 aromatic rings. The fourth-order valence-corrected chi connectivity index (χ4v) is 2.92. The Labute approximate surface area is 128 Å². The fraction of sp³-hybridized carbons (Fsp3) is 0.500. The number of nitrogens with zero attached hydrogens (tertiary/aromatic N) is 2. The van der Waals surface area contributed by atoms with E-state index in [1.807, 2.05) is 0 Å². The van der Waals surface area contributed by atoms with Crippen LogP contribution in [0.4, 0.5) is 0 Å². The van der Waals surface area contributed by atoms with Crippen molar-refractivity contribution in [3.63, 3.8) is 0 Å². The van der Waals surface area contributed by atoms with Crippen molar-refractivity contribution in [3.05, 3.63) is 29.0 Å². The highest BCUT2D eigenvalue weighted by atomic mass is 35.5. The van der Waals surface area contributed by atoms with Gasteiger partial charge < -0.3 is 16.3 Å². The van der Waals surface area contributed by atoms with Gasteiger partial charge in [-0.3, -0.25) is 9.78 Å². The summed E-state index contributed by atoms with van der Waals surface area (Å²) in [7, 11) is 0. The van der Waals surface area contributed by atoms with Gasteiger partial charge in [0.1, 0.15) is 5.54 Å². The molecular weight excluding hydrogens is 292 g/mol. The fourth-order valence-electron chi connectivity index (χ4n) is 2.72. The number of hydrogen-bond acceptors (Lipinski definition) is 4. The highest BCUT2D eigenvalue weighted by Crippen LogP contribution is 2.28. The van der Waals surface area contributed by atoms with Gasteiger partial charge in [0.25, 0.3) is 5.91 Å². The lowest BCUT2D eigenvalue weighted by Crippen LogP contribution is -2.57. The SMILES string of the molecule is NC(=NO)C1(NC(=O)c2ccncc2Cl)CCCCCC1. The van der Waals surface area contributed by atoms with Gasteiger partial charge in [-0.15, -0.1) is 0 Å². The van der Waals surface area contributed by atoms with Crippen LogP contribution in [0.1, 0.15) is 48.9 Å². The molecule has 2 rings (SSSR count). The number of amides is 1. The molecule has 1 heterocycles. The van der Waals surface area contributed by atoms with Gasteiger partial charge in [0.2, 0.25) is 0 Å². The molecule has 0 aromatic carbocycles. The van der Waals surface area contributed by atoms with Crippen LogP contribution in [-0.4, -0.2) is 27.5 Å². The summed E-state index contributed by atoms with van der Waals surface area (Å²) >= 11 is 5.99. The van der Waals surface area contributed by atoms with Gasteiger partial charge in [0.15, 0.2) is 5.84 Å². The Bertz CT molecular complexity index is 540. The second kappa shape index (κ2) is 6.76. The molecule has 21 heavy (non-hydrogen) atoms. The normalized spacial score (nSPS) is 18.8. The number of hydrogen-bond donors (Lipinski definition) is 3. The van der Waals surface area contributed by atoms with E-state index in [2.05, 4.69) is 15.5 Å². The Hall–Kier alpha value is -1.82. The van der Waals surface area contributed by atoms with E-state index in [1.165, 1.54) is 12.4 Å². The minimum absolute atomic E-state index is 0.0444. The monoisotopic (exact) mass is 310 g/mol. The molecule has 1 aliphatic rings. The predicted octanol–water partition coefficient (Wildman–Crippen LogP) is 2.30. The highest BCUT2D eigenvalue weighted by molar-refractivity contribution is 6.33. The molecule has 1 aliphatic carbocycles. The number of halogens is 1. The van der Waals surface area contributed by atoms with E-state index in [0.717, 1.165) is 25.7 Å². The van der Waals surface area contributed by atoms with Gasteiger partial charge in [0, 0.05) is 12.4 Å². The van der Waals surface area contributed by atoms with Crippen molar-refractivity contribution in [2.75, 3.05) is 0 Å². The molecule has 1 fully saturated rings. The van der Waals surface area contributed by atoms with Crippen LogP contribution in [0, 0.1) is 0 Å². The molecule has 0 spiro atoms. The zero-order valence-corrected chi connectivity index (χ0v) is 12.4. The van der Waals surface area contributed by atoms with E-state index < -0.39 is 5.54 Å². The van der Waals surface area contributed by atoms with Crippen molar-refractivity contribution in [2.24, 2.45) is 10.9 Å². The molecule has 1 saturated carbocycles. The number of carbonyl (C=O) groups is 1. The Morgan fingerprint density at radius 1 is 1.38 bits per heavy atom. The summed E-state index contributed by atoms with van der Waals surface area (Å²) in [5.74, 6) is -0.293. The average Bonchev–Trinajstić information content (AvgIpc) is 2.73. The molecule has 0 saturated heterocycles. The molecule has 7 heteroatoms. The van der Waals surface area contributed by atoms with E-state index in [0.29, 0.717) is 18.4 Å². The lowest BCUT2D eigenvalue weighted by Gasteiger charge is -2.32. The smallest absolute Gasteiger partial charge is 0.253 e. The minimum Gasteiger partial charge on any atom is -0.409 e. The predicted molar refractivity (Wildman–Crippen MR) is 80.6 cm³/mol. The van der Waals surface area contributed by atoms with Crippen LogP contribution >= 0.6 is 11.6 Å². The molecule has 1 aromatic heterocycles. The summed E-state index contributed by atoms with van der Waals surface area (Å²) in [6, 6.07) is 1.55. The number of oxime groups is 1. The second-order valence-electron chi connectivity index (χ2n) is 5.29. The van der Waals surface area contributed by atoms with Gasteiger partial charge in [-0.25, -0.2) is 0 Å². The summed E-state index contributed by atoms with van der Waals surface area (Å²) in [6.45, 7) is 0. The van der Waals surface area contributed by atoms with E-state index >= 15 is 0 Å². The molecule has 114 valence electrons. The average molecular weight is 311 g/mol. The Balaban J connectivity index is 2.27. The number of pyridine rings is 1. The van der Waals surface area contributed by atoms with Gasteiger partial charge in [0.05, 0.1) is 10.6 Å². The van der Waals surface area contributed by atoms with Gasteiger partial charge >= 0.3 is 0 Å². The summed E-state index contributed by atoms with van der Waals surface area (Å²) in [5.41, 5.74) is 5.38. The minimum atomic E-state index is -0.811. The summed E-state index contributed by atoms with van der Waals surface area (Å²) in [6.07, 6.45) is 8.21. The maximum absolute atomic E-state index is 12.5. The molecular formula is C14H19ClN4O2. The van der Waals surface area contributed by atoms with Crippen LogP contribution in [0.25, 0.3) is 0 Å². The van der Waals surface area contributed by atoms with Crippen molar-refractivity contribution in [1.82, 2.24) is 10.3 Å². The lowest BCUT2D eigenvalue weighted by atomic mass is 9.88. The zero-order chi connectivity index (χ0) is 15.3. The van der Waals surface area contributed by atoms with Crippen molar-refractivity contribution in [3.8, 4) is 0 Å². The highest BCUT2D eigenvalue weighted by Gasteiger charge is 2.37. The third-order valence-electron chi connectivity index (χ3n) is 3.93. The van der Waals surface area contributed by atoms with Crippen molar-refractivity contribution < 1.29 is 10.0 Å². The van der Waals surface area contributed by atoms with Gasteiger partial charge in [-0.05, 0) is 18.9 Å². The van der Waals surface area contributed by atoms with E-state index in [-0.39, 0.29) is 16.8 Å². The number of nitrogens with one attached hydrogen (secondary N) is 1. The molecule has 1 amide bonds. The van der Waals surface area contributed by atoms with Crippen LogP contribution in [-0.2, 0) is 0 Å². The largest absolute Gasteiger partial charge is 0.409 e. The molecule has 0 unspecified atom stereocenters. The third kappa shape index (κ3) is 3.44. The number of carbonyl (C=O) groups excluding carboxylic acids is 1. The maximum atomic E-state index is 12.5. The van der Waals surface area contributed by atoms with Crippen LogP contribution in [0.5, 0.6) is 0 Å². The van der Waals surface area contributed by atoms with E-state index in [4.69, 9.17) is 22.5 Å². The topological polar surface area (TPSA) is 101 Å². The molecule has 0 bridgehead atoms. The molecule has 0 aliphatic heterocycles. The first-order valence-corrected chi connectivity index (χ1v) is 7.37. The Kier molecular flexibility index (Phi) is 5.01. The first-order valence-electron chi connectivity index (χ1n) is 6.99. The summed E-state index contributed by atoms with van der Waals surface area (Å²) in [5, 5.41) is 15.4. The van der Waals surface area contributed by atoms with Crippen molar-refractivity contribution in [2.45, 2.75) is 44.1 Å². The number of nitrogens with two attached hydrogens (primary N) is 1. The Morgan fingerprint density at radius 2 is 2.05 bits per heavy atom. The van der Waals surface area contributed by atoms with Crippen LogP contribution in [0.15, 0.2) is 23.6 Å². The molecule has 4 N–H and O–H groups in total. The van der Waals surface area contributed by atoms with Gasteiger partial charge in [-0.1, -0.05) is 42.4 Å². The van der Waals surface area contributed by atoms with Gasteiger partial charge in [-0.2, -0.15) is 0 Å². The standard InChI is InChI=1S/C14H19ClN4O2/c15-11-9-17-8-5-10(11)12(20)18-14(13(16)19-21)6-3-1-2-4-7-14/h5,8-9,21H,1-4,6-7H2,(H2,16,19)(H,18,20). The molecule has 0 atom stereocenters. The second-order valence-corrected chi connectivity index (χ2v) is 5.70. The molecule has 0 radical (unpaired) electrons. The summed E-state index contributed by atoms with van der Waals surface area (Å²) in [4.78, 5) is 16.3. The number of aromatic nitrogens is 1. The van der Waals surface area contributed by atoms with Crippen LogP contribution in [0.2, 0.25) is 5.02 Å². The van der Waals surface area contributed by atoms with Crippen LogP contribution < -0.4 is 11.1 Å². The summed E-state index contributed by atoms with van der Waals surface area (Å²) < 4.78 is 0. The number of rotatable bonds is 3. The first kappa shape index (κ1) is 15.6. The van der Waals surface area contributed by atoms with Crippen molar-refractivity contribution in [1.29, 1.82) is 0 Å². The van der Waals surface area contributed by atoms with Crippen molar-refractivity contribution >= 4 is 23.3 Å². The first-order chi connectivity index (χ1) is 10.1. The lowest BCUT2D eigenvalue weighted by molar-refractivity contribution is 0.0915. The maximum Gasteiger partial charge on any atom is 0.253 e.